The molecule has 1 saturated heterocycles. The van der Waals surface area contributed by atoms with Crippen LogP contribution in [0.15, 0.2) is 33.8 Å². The highest BCUT2D eigenvalue weighted by molar-refractivity contribution is 9.10. The van der Waals surface area contributed by atoms with E-state index in [2.05, 4.69) is 26.5 Å². The number of esters is 1. The minimum absolute atomic E-state index is 0.0531. The van der Waals surface area contributed by atoms with Crippen LogP contribution in [0.25, 0.3) is 0 Å². The van der Waals surface area contributed by atoms with Crippen molar-refractivity contribution in [2.75, 3.05) is 11.5 Å². The normalized spacial score (nSPS) is 23.2. The van der Waals surface area contributed by atoms with E-state index in [0.717, 1.165) is 9.37 Å². The number of nitrogens with one attached hydrogen (secondary N) is 1. The van der Waals surface area contributed by atoms with Gasteiger partial charge in [-0.2, -0.15) is 5.10 Å². The molecule has 2 aliphatic heterocycles. The Labute approximate surface area is 134 Å². The fourth-order valence-electron chi connectivity index (χ4n) is 2.53. The Balaban J connectivity index is 1.93. The second-order valence-electron chi connectivity index (χ2n) is 4.79. The van der Waals surface area contributed by atoms with Crippen LogP contribution in [0.5, 0.6) is 0 Å². The van der Waals surface area contributed by atoms with Crippen molar-refractivity contribution in [2.45, 2.75) is 13.0 Å². The Hall–Kier alpha value is -2.22. The van der Waals surface area contributed by atoms with Crippen LogP contribution in [0, 0.1) is 5.92 Å². The molecule has 0 saturated carbocycles. The average molecular weight is 366 g/mol. The van der Waals surface area contributed by atoms with Crippen molar-refractivity contribution in [3.8, 4) is 0 Å². The summed E-state index contributed by atoms with van der Waals surface area (Å²) in [5, 5.41) is 3.80. The zero-order chi connectivity index (χ0) is 15.9. The molecule has 2 atom stereocenters. The first-order chi connectivity index (χ1) is 10.5. The van der Waals surface area contributed by atoms with E-state index in [1.807, 2.05) is 0 Å². The maximum atomic E-state index is 12.6. The number of hydrogen-bond acceptors (Lipinski definition) is 6. The zero-order valence-electron chi connectivity index (χ0n) is 11.6. The summed E-state index contributed by atoms with van der Waals surface area (Å²) in [5.41, 5.74) is 2.96. The van der Waals surface area contributed by atoms with Crippen molar-refractivity contribution >= 4 is 45.1 Å². The molecule has 8 heteroatoms. The number of hydrogen-bond donors (Lipinski definition) is 1. The van der Waals surface area contributed by atoms with Crippen LogP contribution < -0.4 is 10.3 Å². The highest BCUT2D eigenvalue weighted by Gasteiger charge is 2.55. The van der Waals surface area contributed by atoms with Crippen LogP contribution >= 0.6 is 15.9 Å². The molecule has 0 aliphatic carbocycles. The summed E-state index contributed by atoms with van der Waals surface area (Å²) in [4.78, 5) is 38.0. The molecule has 2 heterocycles. The Bertz CT molecular complexity index is 703. The van der Waals surface area contributed by atoms with E-state index >= 15 is 0 Å². The van der Waals surface area contributed by atoms with Gasteiger partial charge >= 0.3 is 5.97 Å². The third-order valence-electron chi connectivity index (χ3n) is 3.48. The Kier molecular flexibility index (Phi) is 3.69. The molecule has 0 radical (unpaired) electrons. The number of carbonyl (C=O) groups is 3. The molecule has 22 heavy (non-hydrogen) atoms. The number of anilines is 1. The number of imide groups is 1. The number of nitrogens with zero attached hydrogens (tertiary/aromatic N) is 2. The largest absolute Gasteiger partial charge is 0.461 e. The summed E-state index contributed by atoms with van der Waals surface area (Å²) in [6.45, 7) is 1.83. The standard InChI is InChI=1S/C14H12BrN3O4/c1-2-22-14(21)11-9-10(16-17-11)13(20)18(12(9)19)8-5-3-4-7(15)6-8/h3-6,9-10,16H,2H2,1H3/t9-,10-/m1/s1. The zero-order valence-corrected chi connectivity index (χ0v) is 13.2. The summed E-state index contributed by atoms with van der Waals surface area (Å²) < 4.78 is 5.62. The fourth-order valence-corrected chi connectivity index (χ4v) is 2.92. The minimum atomic E-state index is -0.939. The van der Waals surface area contributed by atoms with Gasteiger partial charge in [-0.05, 0) is 25.1 Å². The molecular formula is C14H12BrN3O4. The molecule has 1 aromatic rings. The van der Waals surface area contributed by atoms with Crippen molar-refractivity contribution < 1.29 is 19.1 Å². The quantitative estimate of drug-likeness (QED) is 0.633. The number of rotatable bonds is 3. The van der Waals surface area contributed by atoms with Gasteiger partial charge in [-0.1, -0.05) is 22.0 Å². The topological polar surface area (TPSA) is 88.1 Å². The molecule has 0 unspecified atom stereocenters. The molecule has 0 aromatic heterocycles. The molecule has 2 amide bonds. The van der Waals surface area contributed by atoms with Gasteiger partial charge in [0.05, 0.1) is 12.3 Å². The molecule has 7 nitrogen and oxygen atoms in total. The highest BCUT2D eigenvalue weighted by atomic mass is 79.9. The second-order valence-corrected chi connectivity index (χ2v) is 5.71. The number of fused-ring (bicyclic) bond motifs is 1. The molecule has 2 aliphatic rings. The summed E-state index contributed by atoms with van der Waals surface area (Å²) in [6, 6.07) is 5.98. The maximum Gasteiger partial charge on any atom is 0.355 e. The number of benzene rings is 1. The molecule has 3 rings (SSSR count). The van der Waals surface area contributed by atoms with E-state index in [1.165, 1.54) is 0 Å². The molecule has 0 bridgehead atoms. The van der Waals surface area contributed by atoms with Crippen LogP contribution in [0.1, 0.15) is 6.92 Å². The predicted molar refractivity (Wildman–Crippen MR) is 81.1 cm³/mol. The van der Waals surface area contributed by atoms with Crippen LogP contribution in [0.4, 0.5) is 5.69 Å². The van der Waals surface area contributed by atoms with E-state index in [-0.39, 0.29) is 12.3 Å². The highest BCUT2D eigenvalue weighted by Crippen LogP contribution is 2.31. The van der Waals surface area contributed by atoms with E-state index in [4.69, 9.17) is 4.74 Å². The van der Waals surface area contributed by atoms with Gasteiger partial charge in [0.1, 0.15) is 12.0 Å². The van der Waals surface area contributed by atoms with Crippen LogP contribution in [0.3, 0.4) is 0 Å². The van der Waals surface area contributed by atoms with Gasteiger partial charge in [0.2, 0.25) is 5.91 Å². The first-order valence-corrected chi connectivity index (χ1v) is 7.47. The van der Waals surface area contributed by atoms with Crippen LogP contribution in [0.2, 0.25) is 0 Å². The van der Waals surface area contributed by atoms with Gasteiger partial charge in [-0.3, -0.25) is 15.0 Å². The molecular weight excluding hydrogens is 354 g/mol. The lowest BCUT2D eigenvalue weighted by atomic mass is 9.99. The minimum Gasteiger partial charge on any atom is -0.461 e. The van der Waals surface area contributed by atoms with E-state index in [9.17, 15) is 14.4 Å². The molecule has 114 valence electrons. The third-order valence-corrected chi connectivity index (χ3v) is 3.97. The van der Waals surface area contributed by atoms with Gasteiger partial charge in [0.15, 0.2) is 5.71 Å². The third kappa shape index (κ3) is 2.19. The number of amides is 2. The lowest BCUT2D eigenvalue weighted by Crippen LogP contribution is -2.36. The van der Waals surface area contributed by atoms with Gasteiger partial charge < -0.3 is 4.74 Å². The number of halogens is 1. The SMILES string of the molecule is CCOC(=O)C1=NN[C@H]2C(=O)N(c3cccc(Br)c3)C(=O)[C@@H]12. The monoisotopic (exact) mass is 365 g/mol. The van der Waals surface area contributed by atoms with Gasteiger partial charge in [0, 0.05) is 4.47 Å². The number of ether oxygens (including phenoxy) is 1. The van der Waals surface area contributed by atoms with E-state index < -0.39 is 29.7 Å². The van der Waals surface area contributed by atoms with Gasteiger partial charge in [-0.25, -0.2) is 9.69 Å². The van der Waals surface area contributed by atoms with E-state index in [1.54, 1.807) is 31.2 Å². The van der Waals surface area contributed by atoms with Gasteiger partial charge in [0.25, 0.3) is 5.91 Å². The van der Waals surface area contributed by atoms with Crippen LogP contribution in [-0.2, 0) is 19.1 Å². The van der Waals surface area contributed by atoms with Crippen molar-refractivity contribution in [1.82, 2.24) is 5.43 Å². The summed E-state index contributed by atoms with van der Waals surface area (Å²) in [5.74, 6) is -2.54. The maximum absolute atomic E-state index is 12.6. The Morgan fingerprint density at radius 3 is 2.86 bits per heavy atom. The van der Waals surface area contributed by atoms with E-state index in [0.29, 0.717) is 5.69 Å². The first-order valence-electron chi connectivity index (χ1n) is 6.68. The summed E-state index contributed by atoms with van der Waals surface area (Å²) in [7, 11) is 0. The van der Waals surface area contributed by atoms with Crippen molar-refractivity contribution in [2.24, 2.45) is 11.0 Å². The summed E-state index contributed by atoms with van der Waals surface area (Å²) in [6.07, 6.45) is 0. The lowest BCUT2D eigenvalue weighted by Gasteiger charge is -2.15. The Morgan fingerprint density at radius 2 is 2.18 bits per heavy atom. The van der Waals surface area contributed by atoms with Crippen LogP contribution in [-0.4, -0.2) is 36.1 Å². The summed E-state index contributed by atoms with van der Waals surface area (Å²) >= 11 is 3.30. The smallest absolute Gasteiger partial charge is 0.355 e. The van der Waals surface area contributed by atoms with Crippen molar-refractivity contribution in [1.29, 1.82) is 0 Å². The lowest BCUT2D eigenvalue weighted by molar-refractivity contribution is -0.136. The molecule has 1 aromatic carbocycles. The van der Waals surface area contributed by atoms with Crippen molar-refractivity contribution in [3.05, 3.63) is 28.7 Å². The van der Waals surface area contributed by atoms with Gasteiger partial charge in [-0.15, -0.1) is 0 Å². The predicted octanol–water partition coefficient (Wildman–Crippen LogP) is 0.829. The fraction of sp³-hybridized carbons (Fsp3) is 0.286. The first kappa shape index (κ1) is 14.7. The molecule has 1 N–H and O–H groups in total. The Morgan fingerprint density at radius 1 is 1.41 bits per heavy atom. The number of carbonyl (C=O) groups excluding carboxylic acids is 3. The molecule has 1 fully saturated rings. The average Bonchev–Trinajstić information content (AvgIpc) is 3.01. The molecule has 0 spiro atoms. The number of hydrazone groups is 1. The second kappa shape index (κ2) is 5.53. The van der Waals surface area contributed by atoms with Crippen molar-refractivity contribution in [3.63, 3.8) is 0 Å².